The number of ether oxygens (including phenoxy) is 2. The number of carbonyl (C=O) groups is 1. The second-order valence-corrected chi connectivity index (χ2v) is 5.46. The fourth-order valence-electron chi connectivity index (χ4n) is 2.62. The van der Waals surface area contributed by atoms with Crippen LogP contribution in [0.4, 0.5) is 0 Å². The standard InChI is InChI=1S/C18H18O5/c1-2-8-22-15-7-6-11(9-13(15)20)17-10-14(21)18-12(19)4-3-5-16(18)23-17/h3-7,9,17,19-20H,2,8,10H2,1H3. The predicted octanol–water partition coefficient (Wildman–Crippen LogP) is 3.59. The Balaban J connectivity index is 1.86. The molecule has 0 aliphatic carbocycles. The van der Waals surface area contributed by atoms with E-state index in [4.69, 9.17) is 9.47 Å². The Labute approximate surface area is 134 Å². The average Bonchev–Trinajstić information content (AvgIpc) is 2.53. The van der Waals surface area contributed by atoms with Gasteiger partial charge < -0.3 is 19.7 Å². The maximum absolute atomic E-state index is 12.3. The van der Waals surface area contributed by atoms with Crippen molar-refractivity contribution in [3.63, 3.8) is 0 Å². The molecule has 1 unspecified atom stereocenters. The quantitative estimate of drug-likeness (QED) is 0.902. The minimum atomic E-state index is -0.497. The monoisotopic (exact) mass is 314 g/mol. The zero-order valence-electron chi connectivity index (χ0n) is 12.8. The van der Waals surface area contributed by atoms with Gasteiger partial charge in [-0.2, -0.15) is 0 Å². The number of hydrogen-bond acceptors (Lipinski definition) is 5. The van der Waals surface area contributed by atoms with Crippen molar-refractivity contribution in [1.29, 1.82) is 0 Å². The van der Waals surface area contributed by atoms with E-state index in [2.05, 4.69) is 0 Å². The highest BCUT2D eigenvalue weighted by atomic mass is 16.5. The lowest BCUT2D eigenvalue weighted by Crippen LogP contribution is -2.20. The summed E-state index contributed by atoms with van der Waals surface area (Å²) in [6, 6.07) is 9.74. The summed E-state index contributed by atoms with van der Waals surface area (Å²) in [5, 5.41) is 19.8. The van der Waals surface area contributed by atoms with Gasteiger partial charge in [0.05, 0.1) is 13.0 Å². The summed E-state index contributed by atoms with van der Waals surface area (Å²) in [6.45, 7) is 2.51. The summed E-state index contributed by atoms with van der Waals surface area (Å²) in [6.07, 6.45) is 0.462. The number of ketones is 1. The van der Waals surface area contributed by atoms with Crippen LogP contribution in [-0.4, -0.2) is 22.6 Å². The molecular weight excluding hydrogens is 296 g/mol. The van der Waals surface area contributed by atoms with Crippen LogP contribution in [0.2, 0.25) is 0 Å². The third kappa shape index (κ3) is 2.95. The first-order chi connectivity index (χ1) is 11.1. The Morgan fingerprint density at radius 1 is 1.22 bits per heavy atom. The number of fused-ring (bicyclic) bond motifs is 1. The number of phenolic OH excluding ortho intramolecular Hbond substituents is 2. The minimum absolute atomic E-state index is 0.0219. The highest BCUT2D eigenvalue weighted by Gasteiger charge is 2.30. The van der Waals surface area contributed by atoms with Crippen molar-refractivity contribution in [2.75, 3.05) is 6.61 Å². The average molecular weight is 314 g/mol. The molecular formula is C18H18O5. The molecule has 5 heteroatoms. The molecule has 1 atom stereocenters. The van der Waals surface area contributed by atoms with E-state index in [9.17, 15) is 15.0 Å². The number of hydrogen-bond donors (Lipinski definition) is 2. The van der Waals surface area contributed by atoms with Crippen LogP contribution in [0.5, 0.6) is 23.0 Å². The van der Waals surface area contributed by atoms with Crippen molar-refractivity contribution in [3.8, 4) is 23.0 Å². The second kappa shape index (κ2) is 6.20. The third-order valence-corrected chi connectivity index (χ3v) is 3.74. The van der Waals surface area contributed by atoms with Gasteiger partial charge in [-0.1, -0.05) is 19.1 Å². The number of phenols is 2. The molecule has 2 N–H and O–H groups in total. The fraction of sp³-hybridized carbons (Fsp3) is 0.278. The molecule has 5 nitrogen and oxygen atoms in total. The predicted molar refractivity (Wildman–Crippen MR) is 84.3 cm³/mol. The minimum Gasteiger partial charge on any atom is -0.507 e. The van der Waals surface area contributed by atoms with Crippen molar-refractivity contribution >= 4 is 5.78 Å². The Bertz CT molecular complexity index is 738. The zero-order valence-corrected chi connectivity index (χ0v) is 12.8. The Hall–Kier alpha value is -2.69. The number of Topliss-reactive ketones (excluding diaryl/α,β-unsaturated/α-hetero) is 1. The molecule has 120 valence electrons. The van der Waals surface area contributed by atoms with Crippen LogP contribution in [0, 0.1) is 0 Å². The molecule has 2 aromatic rings. The summed E-state index contributed by atoms with van der Waals surface area (Å²) in [4.78, 5) is 12.3. The zero-order chi connectivity index (χ0) is 16.4. The van der Waals surface area contributed by atoms with Crippen LogP contribution in [0.25, 0.3) is 0 Å². The van der Waals surface area contributed by atoms with Crippen molar-refractivity contribution in [1.82, 2.24) is 0 Å². The van der Waals surface area contributed by atoms with E-state index in [0.29, 0.717) is 23.7 Å². The van der Waals surface area contributed by atoms with Crippen molar-refractivity contribution in [2.24, 2.45) is 0 Å². The Morgan fingerprint density at radius 2 is 2.04 bits per heavy atom. The Kier molecular flexibility index (Phi) is 4.10. The van der Waals surface area contributed by atoms with Gasteiger partial charge in [0, 0.05) is 0 Å². The van der Waals surface area contributed by atoms with Gasteiger partial charge in [-0.25, -0.2) is 0 Å². The Morgan fingerprint density at radius 3 is 2.78 bits per heavy atom. The van der Waals surface area contributed by atoms with Gasteiger partial charge in [0.25, 0.3) is 0 Å². The molecule has 0 saturated heterocycles. The van der Waals surface area contributed by atoms with Crippen LogP contribution in [0.15, 0.2) is 36.4 Å². The van der Waals surface area contributed by atoms with E-state index < -0.39 is 6.10 Å². The molecule has 0 bridgehead atoms. The van der Waals surface area contributed by atoms with Gasteiger partial charge in [-0.3, -0.25) is 4.79 Å². The van der Waals surface area contributed by atoms with Crippen LogP contribution in [0.1, 0.15) is 41.8 Å². The van der Waals surface area contributed by atoms with E-state index in [1.165, 1.54) is 6.07 Å². The SMILES string of the molecule is CCCOc1ccc(C2CC(=O)c3c(O)cccc3O2)cc1O. The summed E-state index contributed by atoms with van der Waals surface area (Å²) in [5.74, 6) is 0.541. The van der Waals surface area contributed by atoms with E-state index >= 15 is 0 Å². The summed E-state index contributed by atoms with van der Waals surface area (Å²) in [7, 11) is 0. The molecule has 1 aliphatic heterocycles. The first-order valence-corrected chi connectivity index (χ1v) is 7.57. The molecule has 2 aromatic carbocycles. The number of benzene rings is 2. The number of aromatic hydroxyl groups is 2. The van der Waals surface area contributed by atoms with Crippen LogP contribution in [0.3, 0.4) is 0 Å². The first kappa shape index (κ1) is 15.2. The molecule has 0 saturated carbocycles. The van der Waals surface area contributed by atoms with Crippen molar-refractivity contribution < 1.29 is 24.5 Å². The second-order valence-electron chi connectivity index (χ2n) is 5.46. The summed E-state index contributed by atoms with van der Waals surface area (Å²) >= 11 is 0. The summed E-state index contributed by atoms with van der Waals surface area (Å²) in [5.41, 5.74) is 0.907. The molecule has 0 fully saturated rings. The van der Waals surface area contributed by atoms with Crippen molar-refractivity contribution in [3.05, 3.63) is 47.5 Å². The molecule has 23 heavy (non-hydrogen) atoms. The maximum atomic E-state index is 12.3. The van der Waals surface area contributed by atoms with E-state index in [1.807, 2.05) is 6.92 Å². The van der Waals surface area contributed by atoms with Gasteiger partial charge in [0.2, 0.25) is 0 Å². The van der Waals surface area contributed by atoms with E-state index in [1.54, 1.807) is 30.3 Å². The van der Waals surface area contributed by atoms with Gasteiger partial charge in [0.1, 0.15) is 23.2 Å². The van der Waals surface area contributed by atoms with E-state index in [-0.39, 0.29) is 29.3 Å². The highest BCUT2D eigenvalue weighted by Crippen LogP contribution is 2.40. The molecule has 0 amide bonds. The largest absolute Gasteiger partial charge is 0.507 e. The molecule has 3 rings (SSSR count). The lowest BCUT2D eigenvalue weighted by molar-refractivity contribution is 0.0845. The fourth-order valence-corrected chi connectivity index (χ4v) is 2.62. The van der Waals surface area contributed by atoms with Crippen LogP contribution >= 0.6 is 0 Å². The summed E-state index contributed by atoms with van der Waals surface area (Å²) < 4.78 is 11.2. The van der Waals surface area contributed by atoms with Crippen LogP contribution < -0.4 is 9.47 Å². The molecule has 1 aliphatic rings. The molecule has 1 heterocycles. The third-order valence-electron chi connectivity index (χ3n) is 3.74. The highest BCUT2D eigenvalue weighted by molar-refractivity contribution is 6.02. The van der Waals surface area contributed by atoms with Gasteiger partial charge in [-0.05, 0) is 36.2 Å². The van der Waals surface area contributed by atoms with Gasteiger partial charge in [-0.15, -0.1) is 0 Å². The van der Waals surface area contributed by atoms with Crippen molar-refractivity contribution in [2.45, 2.75) is 25.9 Å². The van der Waals surface area contributed by atoms with E-state index in [0.717, 1.165) is 6.42 Å². The topological polar surface area (TPSA) is 76.0 Å². The molecule has 0 radical (unpaired) electrons. The number of rotatable bonds is 4. The lowest BCUT2D eigenvalue weighted by atomic mass is 9.95. The lowest BCUT2D eigenvalue weighted by Gasteiger charge is -2.26. The molecule has 0 aromatic heterocycles. The first-order valence-electron chi connectivity index (χ1n) is 7.57. The smallest absolute Gasteiger partial charge is 0.174 e. The normalized spacial score (nSPS) is 16.6. The van der Waals surface area contributed by atoms with Gasteiger partial charge in [0.15, 0.2) is 17.3 Å². The van der Waals surface area contributed by atoms with Crippen LogP contribution in [-0.2, 0) is 0 Å². The van der Waals surface area contributed by atoms with Gasteiger partial charge >= 0.3 is 0 Å². The number of carbonyl (C=O) groups excluding carboxylic acids is 1. The molecule has 0 spiro atoms. The maximum Gasteiger partial charge on any atom is 0.174 e.